The Hall–Kier alpha value is -2.22. The average molecular weight is 300 g/mol. The van der Waals surface area contributed by atoms with Gasteiger partial charge >= 0.3 is 5.97 Å². The minimum absolute atomic E-state index is 0.137. The zero-order chi connectivity index (χ0) is 15.8. The fourth-order valence-corrected chi connectivity index (χ4v) is 1.59. The number of benzene rings is 1. The number of carbonyl (C=O) groups excluding carboxylic acids is 1. The summed E-state index contributed by atoms with van der Waals surface area (Å²) in [7, 11) is 0. The van der Waals surface area contributed by atoms with Crippen LogP contribution in [0.4, 0.5) is 10.1 Å². The predicted molar refractivity (Wildman–Crippen MR) is 72.6 cm³/mol. The minimum Gasteiger partial charge on any atom is -0.488 e. The molecule has 1 atom stereocenters. The summed E-state index contributed by atoms with van der Waals surface area (Å²) in [4.78, 5) is 21.4. The number of hydrogen-bond acceptors (Lipinski definition) is 6. The number of nitro benzene ring substituents is 1. The maximum absolute atomic E-state index is 13.6. The van der Waals surface area contributed by atoms with Crippen molar-refractivity contribution in [2.24, 2.45) is 0 Å². The number of ether oxygens (including phenoxy) is 2. The number of nitrogens with one attached hydrogen (secondary N) is 1. The fraction of sp³-hybridized carbons (Fsp3) is 0.462. The Morgan fingerprint density at radius 1 is 1.48 bits per heavy atom. The smallest absolute Gasteiger partial charge is 0.326 e. The maximum atomic E-state index is 13.6. The average Bonchev–Trinajstić information content (AvgIpc) is 2.44. The molecular weight excluding hydrogens is 283 g/mol. The van der Waals surface area contributed by atoms with Crippen molar-refractivity contribution in [2.75, 3.05) is 19.8 Å². The van der Waals surface area contributed by atoms with E-state index in [1.807, 2.05) is 0 Å². The molecule has 1 rings (SSSR count). The highest BCUT2D eigenvalue weighted by Gasteiger charge is 2.20. The highest BCUT2D eigenvalue weighted by atomic mass is 19.1. The molecule has 0 spiro atoms. The third kappa shape index (κ3) is 4.99. The van der Waals surface area contributed by atoms with Gasteiger partial charge in [0, 0.05) is 6.07 Å². The number of esters is 1. The topological polar surface area (TPSA) is 90.7 Å². The molecule has 1 aromatic carbocycles. The van der Waals surface area contributed by atoms with Crippen molar-refractivity contribution in [3.63, 3.8) is 0 Å². The van der Waals surface area contributed by atoms with Crippen LogP contribution in [0, 0.1) is 15.9 Å². The molecule has 0 saturated heterocycles. The van der Waals surface area contributed by atoms with Crippen LogP contribution in [0.15, 0.2) is 18.2 Å². The van der Waals surface area contributed by atoms with Crippen LogP contribution in [-0.4, -0.2) is 36.7 Å². The molecule has 0 radical (unpaired) electrons. The third-order valence-electron chi connectivity index (χ3n) is 2.55. The molecular formula is C13H17FN2O5. The monoisotopic (exact) mass is 300 g/mol. The molecule has 0 bridgehead atoms. The van der Waals surface area contributed by atoms with E-state index in [1.165, 1.54) is 0 Å². The molecule has 1 N–H and O–H groups in total. The van der Waals surface area contributed by atoms with Crippen molar-refractivity contribution >= 4 is 11.7 Å². The molecule has 0 amide bonds. The van der Waals surface area contributed by atoms with Crippen LogP contribution in [0.25, 0.3) is 0 Å². The van der Waals surface area contributed by atoms with Gasteiger partial charge in [-0.05, 0) is 19.5 Å². The van der Waals surface area contributed by atoms with E-state index < -0.39 is 22.8 Å². The van der Waals surface area contributed by atoms with E-state index in [0.717, 1.165) is 18.2 Å². The minimum atomic E-state index is -0.858. The molecule has 1 unspecified atom stereocenters. The van der Waals surface area contributed by atoms with Gasteiger partial charge in [0.15, 0.2) is 11.6 Å². The van der Waals surface area contributed by atoms with Gasteiger partial charge in [0.05, 0.1) is 17.6 Å². The summed E-state index contributed by atoms with van der Waals surface area (Å²) < 4.78 is 23.7. The number of rotatable bonds is 8. The molecule has 7 nitrogen and oxygen atoms in total. The van der Waals surface area contributed by atoms with Gasteiger partial charge in [0.25, 0.3) is 5.69 Å². The van der Waals surface area contributed by atoms with E-state index in [-0.39, 0.29) is 24.7 Å². The predicted octanol–water partition coefficient (Wildman–Crippen LogP) is 1.65. The van der Waals surface area contributed by atoms with E-state index >= 15 is 0 Å². The van der Waals surface area contributed by atoms with Gasteiger partial charge in [-0.15, -0.1) is 0 Å². The standard InChI is InChI=1S/C13H17FN2O5/c1-3-15-11(13(17)20-4-2)8-21-12-6-5-9(16(18)19)7-10(12)14/h5-7,11,15H,3-4,8H2,1-2H3. The van der Waals surface area contributed by atoms with Crippen LogP contribution in [0.5, 0.6) is 5.75 Å². The van der Waals surface area contributed by atoms with Gasteiger partial charge in [0.2, 0.25) is 0 Å². The Morgan fingerprint density at radius 3 is 2.71 bits per heavy atom. The Balaban J connectivity index is 2.71. The Labute approximate surface area is 121 Å². The summed E-state index contributed by atoms with van der Waals surface area (Å²) in [5, 5.41) is 13.4. The lowest BCUT2D eigenvalue weighted by Crippen LogP contribution is -2.42. The zero-order valence-corrected chi connectivity index (χ0v) is 11.8. The zero-order valence-electron chi connectivity index (χ0n) is 11.8. The number of nitro groups is 1. The number of likely N-dealkylation sites (N-methyl/N-ethyl adjacent to an activating group) is 1. The summed E-state index contributed by atoms with van der Waals surface area (Å²) >= 11 is 0. The second-order valence-electron chi connectivity index (χ2n) is 4.05. The summed E-state index contributed by atoms with van der Waals surface area (Å²) in [5.41, 5.74) is -0.367. The number of nitrogens with zero attached hydrogens (tertiary/aromatic N) is 1. The SMILES string of the molecule is CCNC(COc1ccc([N+](=O)[O-])cc1F)C(=O)OCC. The number of hydrogen-bond donors (Lipinski definition) is 1. The lowest BCUT2D eigenvalue weighted by Gasteiger charge is -2.17. The van der Waals surface area contributed by atoms with Crippen LogP contribution in [0.1, 0.15) is 13.8 Å². The van der Waals surface area contributed by atoms with Crippen molar-refractivity contribution in [1.82, 2.24) is 5.32 Å². The van der Waals surface area contributed by atoms with Crippen LogP contribution < -0.4 is 10.1 Å². The summed E-state index contributed by atoms with van der Waals surface area (Å²) in [6.45, 7) is 4.08. The first-order chi connectivity index (χ1) is 9.99. The fourth-order valence-electron chi connectivity index (χ4n) is 1.59. The normalized spacial score (nSPS) is 11.8. The van der Waals surface area contributed by atoms with Crippen LogP contribution >= 0.6 is 0 Å². The molecule has 0 fully saturated rings. The van der Waals surface area contributed by atoms with E-state index in [9.17, 15) is 19.3 Å². The Bertz CT molecular complexity index is 509. The van der Waals surface area contributed by atoms with Gasteiger partial charge in [0.1, 0.15) is 12.6 Å². The molecule has 8 heteroatoms. The lowest BCUT2D eigenvalue weighted by molar-refractivity contribution is -0.385. The van der Waals surface area contributed by atoms with Crippen molar-refractivity contribution in [2.45, 2.75) is 19.9 Å². The first kappa shape index (κ1) is 16.8. The van der Waals surface area contributed by atoms with E-state index in [4.69, 9.17) is 9.47 Å². The first-order valence-electron chi connectivity index (χ1n) is 6.46. The molecule has 0 heterocycles. The van der Waals surface area contributed by atoms with Gasteiger partial charge in [-0.2, -0.15) is 0 Å². The van der Waals surface area contributed by atoms with Crippen LogP contribution in [0.3, 0.4) is 0 Å². The molecule has 21 heavy (non-hydrogen) atoms. The molecule has 116 valence electrons. The Morgan fingerprint density at radius 2 is 2.19 bits per heavy atom. The van der Waals surface area contributed by atoms with E-state index in [1.54, 1.807) is 13.8 Å². The summed E-state index contributed by atoms with van der Waals surface area (Å²) in [6, 6.07) is 2.32. The van der Waals surface area contributed by atoms with Crippen molar-refractivity contribution in [3.05, 3.63) is 34.1 Å². The highest BCUT2D eigenvalue weighted by molar-refractivity contribution is 5.76. The summed E-state index contributed by atoms with van der Waals surface area (Å²) in [5.74, 6) is -1.52. The second-order valence-corrected chi connectivity index (χ2v) is 4.05. The second kappa shape index (κ2) is 8.15. The Kier molecular flexibility index (Phi) is 6.54. The first-order valence-corrected chi connectivity index (χ1v) is 6.46. The van der Waals surface area contributed by atoms with Crippen LogP contribution in [0.2, 0.25) is 0 Å². The molecule has 1 aromatic rings. The molecule has 0 aromatic heterocycles. The van der Waals surface area contributed by atoms with Gasteiger partial charge < -0.3 is 14.8 Å². The van der Waals surface area contributed by atoms with Crippen molar-refractivity contribution < 1.29 is 23.6 Å². The lowest BCUT2D eigenvalue weighted by atomic mass is 10.3. The number of halogens is 1. The largest absolute Gasteiger partial charge is 0.488 e. The number of non-ortho nitro benzene ring substituents is 1. The summed E-state index contributed by atoms with van der Waals surface area (Å²) in [6.07, 6.45) is 0. The molecule has 0 saturated carbocycles. The molecule has 0 aliphatic carbocycles. The highest BCUT2D eigenvalue weighted by Crippen LogP contribution is 2.22. The van der Waals surface area contributed by atoms with E-state index in [2.05, 4.69) is 5.32 Å². The van der Waals surface area contributed by atoms with Gasteiger partial charge in [-0.3, -0.25) is 14.9 Å². The van der Waals surface area contributed by atoms with Gasteiger partial charge in [-0.1, -0.05) is 6.92 Å². The van der Waals surface area contributed by atoms with Crippen LogP contribution in [-0.2, 0) is 9.53 Å². The van der Waals surface area contributed by atoms with Gasteiger partial charge in [-0.25, -0.2) is 4.39 Å². The molecule has 0 aliphatic heterocycles. The third-order valence-corrected chi connectivity index (χ3v) is 2.55. The quantitative estimate of drug-likeness (QED) is 0.446. The molecule has 0 aliphatic rings. The van der Waals surface area contributed by atoms with Crippen molar-refractivity contribution in [3.8, 4) is 5.75 Å². The van der Waals surface area contributed by atoms with Crippen molar-refractivity contribution in [1.29, 1.82) is 0 Å². The maximum Gasteiger partial charge on any atom is 0.326 e. The van der Waals surface area contributed by atoms with E-state index in [0.29, 0.717) is 6.54 Å². The number of carbonyl (C=O) groups is 1.